The van der Waals surface area contributed by atoms with E-state index in [1.54, 1.807) is 31.4 Å². The molecule has 150 valence electrons. The van der Waals surface area contributed by atoms with Crippen LogP contribution in [0, 0.1) is 0 Å². The molecule has 1 heterocycles. The van der Waals surface area contributed by atoms with Gasteiger partial charge in [0, 0.05) is 21.7 Å². The van der Waals surface area contributed by atoms with Gasteiger partial charge in [0.1, 0.15) is 5.75 Å². The van der Waals surface area contributed by atoms with E-state index in [0.29, 0.717) is 21.1 Å². The second-order valence-electron chi connectivity index (χ2n) is 6.36. The van der Waals surface area contributed by atoms with E-state index in [1.807, 2.05) is 64.5 Å². The summed E-state index contributed by atoms with van der Waals surface area (Å²) in [6.45, 7) is 0. The normalized spacial score (nSPS) is 11.3. The van der Waals surface area contributed by atoms with Crippen molar-refractivity contribution >= 4 is 28.8 Å². The van der Waals surface area contributed by atoms with Crippen LogP contribution in [0.15, 0.2) is 89.3 Å². The van der Waals surface area contributed by atoms with Crippen molar-refractivity contribution in [3.63, 3.8) is 0 Å². The Balaban J connectivity index is 1.72. The molecule has 0 aliphatic rings. The number of hydrogen-bond donors (Lipinski definition) is 1. The van der Waals surface area contributed by atoms with E-state index in [2.05, 4.69) is 10.5 Å². The Hall–Kier alpha value is -3.35. The Morgan fingerprint density at radius 2 is 1.70 bits per heavy atom. The van der Waals surface area contributed by atoms with Crippen molar-refractivity contribution in [2.75, 3.05) is 7.11 Å². The van der Waals surface area contributed by atoms with Crippen LogP contribution in [0.1, 0.15) is 10.4 Å². The van der Waals surface area contributed by atoms with Gasteiger partial charge in [-0.15, -0.1) is 16.4 Å². The number of methoxy groups -OCH3 is 1. The molecule has 0 saturated heterocycles. The van der Waals surface area contributed by atoms with Gasteiger partial charge in [0.25, 0.3) is 5.91 Å². The van der Waals surface area contributed by atoms with Gasteiger partial charge in [0.2, 0.25) is 4.80 Å². The van der Waals surface area contributed by atoms with Crippen molar-refractivity contribution < 1.29 is 9.53 Å². The molecule has 30 heavy (non-hydrogen) atoms. The maximum absolute atomic E-state index is 12.5. The molecule has 1 N–H and O–H groups in total. The summed E-state index contributed by atoms with van der Waals surface area (Å²) in [5.41, 5.74) is 6.06. The number of ether oxygens (including phenoxy) is 1. The number of amides is 1. The van der Waals surface area contributed by atoms with Crippen LogP contribution in [0.25, 0.3) is 16.9 Å². The minimum Gasteiger partial charge on any atom is -0.497 e. The van der Waals surface area contributed by atoms with Crippen LogP contribution in [0.5, 0.6) is 5.75 Å². The molecular weight excluding hydrogens is 418 g/mol. The SMILES string of the molecule is COc1ccc(C(=O)N/N=c2\scc(-c3ccc(Cl)cc3)n2-c2ccccc2)cc1. The monoisotopic (exact) mass is 435 g/mol. The molecule has 0 spiro atoms. The Bertz CT molecular complexity index is 1210. The number of para-hydroxylation sites is 1. The van der Waals surface area contributed by atoms with Crippen LogP contribution in [0.3, 0.4) is 0 Å². The van der Waals surface area contributed by atoms with Gasteiger partial charge >= 0.3 is 0 Å². The predicted molar refractivity (Wildman–Crippen MR) is 120 cm³/mol. The molecule has 3 aromatic carbocycles. The lowest BCUT2D eigenvalue weighted by Crippen LogP contribution is -2.24. The van der Waals surface area contributed by atoms with Crippen LogP contribution >= 0.6 is 22.9 Å². The highest BCUT2D eigenvalue weighted by molar-refractivity contribution is 7.07. The van der Waals surface area contributed by atoms with E-state index in [4.69, 9.17) is 16.3 Å². The molecule has 1 aromatic heterocycles. The third kappa shape index (κ3) is 4.30. The van der Waals surface area contributed by atoms with E-state index < -0.39 is 0 Å². The molecule has 0 bridgehead atoms. The number of nitrogens with zero attached hydrogens (tertiary/aromatic N) is 2. The fourth-order valence-electron chi connectivity index (χ4n) is 2.94. The topological polar surface area (TPSA) is 55.6 Å². The first-order valence-corrected chi connectivity index (χ1v) is 10.4. The summed E-state index contributed by atoms with van der Waals surface area (Å²) in [7, 11) is 1.59. The summed E-state index contributed by atoms with van der Waals surface area (Å²) in [6, 6.07) is 24.4. The van der Waals surface area contributed by atoms with E-state index in [9.17, 15) is 4.79 Å². The highest BCUT2D eigenvalue weighted by atomic mass is 35.5. The van der Waals surface area contributed by atoms with Crippen LogP contribution in [0.4, 0.5) is 0 Å². The molecule has 4 aromatic rings. The second-order valence-corrected chi connectivity index (χ2v) is 7.64. The first-order chi connectivity index (χ1) is 14.7. The number of thiazole rings is 1. The first-order valence-electron chi connectivity index (χ1n) is 9.16. The van der Waals surface area contributed by atoms with Crippen molar-refractivity contribution in [1.82, 2.24) is 9.99 Å². The zero-order valence-corrected chi connectivity index (χ0v) is 17.7. The summed E-state index contributed by atoms with van der Waals surface area (Å²) in [5, 5.41) is 7.08. The number of rotatable bonds is 5. The van der Waals surface area contributed by atoms with Crippen molar-refractivity contribution in [2.45, 2.75) is 0 Å². The molecule has 0 unspecified atom stereocenters. The number of hydrogen-bond acceptors (Lipinski definition) is 4. The molecule has 0 aliphatic heterocycles. The quantitative estimate of drug-likeness (QED) is 0.443. The molecule has 0 aliphatic carbocycles. The molecule has 5 nitrogen and oxygen atoms in total. The molecule has 1 amide bonds. The van der Waals surface area contributed by atoms with Crippen LogP contribution in [-0.4, -0.2) is 17.6 Å². The van der Waals surface area contributed by atoms with Crippen LogP contribution in [0.2, 0.25) is 5.02 Å². The van der Waals surface area contributed by atoms with Crippen molar-refractivity contribution in [3.8, 4) is 22.7 Å². The summed E-state index contributed by atoms with van der Waals surface area (Å²) >= 11 is 7.49. The van der Waals surface area contributed by atoms with Gasteiger partial charge < -0.3 is 4.74 Å². The lowest BCUT2D eigenvalue weighted by Gasteiger charge is -2.09. The minimum atomic E-state index is -0.293. The average Bonchev–Trinajstić information content (AvgIpc) is 3.22. The largest absolute Gasteiger partial charge is 0.497 e. The lowest BCUT2D eigenvalue weighted by atomic mass is 10.1. The van der Waals surface area contributed by atoms with Crippen LogP contribution in [-0.2, 0) is 0 Å². The molecular formula is C23H18ClN3O2S. The maximum atomic E-state index is 12.5. The van der Waals surface area contributed by atoms with Gasteiger partial charge in [-0.1, -0.05) is 41.9 Å². The van der Waals surface area contributed by atoms with Crippen molar-refractivity contribution in [1.29, 1.82) is 0 Å². The highest BCUT2D eigenvalue weighted by Crippen LogP contribution is 2.24. The van der Waals surface area contributed by atoms with Crippen molar-refractivity contribution in [2.24, 2.45) is 5.10 Å². The summed E-state index contributed by atoms with van der Waals surface area (Å²) < 4.78 is 7.13. The maximum Gasteiger partial charge on any atom is 0.271 e. The molecule has 0 radical (unpaired) electrons. The Labute approximate surface area is 182 Å². The number of benzene rings is 3. The number of nitrogens with one attached hydrogen (secondary N) is 1. The first kappa shape index (κ1) is 19.9. The van der Waals surface area contributed by atoms with E-state index >= 15 is 0 Å². The number of carbonyl (C=O) groups is 1. The summed E-state index contributed by atoms with van der Waals surface area (Å²) in [6.07, 6.45) is 0. The fourth-order valence-corrected chi connectivity index (χ4v) is 3.94. The van der Waals surface area contributed by atoms with Gasteiger partial charge in [-0.25, -0.2) is 5.43 Å². The van der Waals surface area contributed by atoms with Gasteiger partial charge in [0.05, 0.1) is 12.8 Å². The highest BCUT2D eigenvalue weighted by Gasteiger charge is 2.11. The predicted octanol–water partition coefficient (Wildman–Crippen LogP) is 5.11. The minimum absolute atomic E-state index is 0.293. The van der Waals surface area contributed by atoms with Crippen molar-refractivity contribution in [3.05, 3.63) is 99.6 Å². The molecule has 0 atom stereocenters. The summed E-state index contributed by atoms with van der Waals surface area (Å²) in [5.74, 6) is 0.398. The smallest absolute Gasteiger partial charge is 0.271 e. The van der Waals surface area contributed by atoms with Gasteiger partial charge in [-0.2, -0.15) is 0 Å². The third-order valence-corrected chi connectivity index (χ3v) is 5.55. The Kier molecular flexibility index (Phi) is 5.97. The van der Waals surface area contributed by atoms with E-state index in [-0.39, 0.29) is 5.91 Å². The average molecular weight is 436 g/mol. The number of carbonyl (C=O) groups excluding carboxylic acids is 1. The third-order valence-electron chi connectivity index (χ3n) is 4.47. The number of halogens is 1. The number of aromatic nitrogens is 1. The van der Waals surface area contributed by atoms with E-state index in [0.717, 1.165) is 16.9 Å². The zero-order chi connectivity index (χ0) is 20.9. The lowest BCUT2D eigenvalue weighted by molar-refractivity contribution is 0.0953. The van der Waals surface area contributed by atoms with E-state index in [1.165, 1.54) is 11.3 Å². The molecule has 7 heteroatoms. The Morgan fingerprint density at radius 3 is 2.37 bits per heavy atom. The van der Waals surface area contributed by atoms with Gasteiger partial charge in [0.15, 0.2) is 0 Å². The molecule has 0 saturated carbocycles. The second kappa shape index (κ2) is 8.98. The summed E-state index contributed by atoms with van der Waals surface area (Å²) in [4.78, 5) is 13.2. The standard InChI is InChI=1S/C23H18ClN3O2S/c1-29-20-13-9-17(10-14-20)22(28)25-26-23-27(19-5-3-2-4-6-19)21(15-30-23)16-7-11-18(24)12-8-16/h2-15H,1H3,(H,25,28)/b26-23-. The van der Waals surface area contributed by atoms with Crippen LogP contribution < -0.4 is 15.0 Å². The van der Waals surface area contributed by atoms with Gasteiger partial charge in [-0.3, -0.25) is 9.36 Å². The zero-order valence-electron chi connectivity index (χ0n) is 16.1. The molecule has 4 rings (SSSR count). The molecule has 0 fully saturated rings. The van der Waals surface area contributed by atoms with Gasteiger partial charge in [-0.05, 0) is 54.1 Å². The Morgan fingerprint density at radius 1 is 1.00 bits per heavy atom. The fraction of sp³-hybridized carbons (Fsp3) is 0.0435.